The quantitative estimate of drug-likeness (QED) is 0.713. The summed E-state index contributed by atoms with van der Waals surface area (Å²) in [6.07, 6.45) is 5.40. The van der Waals surface area contributed by atoms with Gasteiger partial charge < -0.3 is 10.2 Å². The molecule has 0 saturated carbocycles. The summed E-state index contributed by atoms with van der Waals surface area (Å²) in [5.41, 5.74) is 0.807. The molecule has 1 aliphatic heterocycles. The molecule has 0 aliphatic carbocycles. The average molecular weight is 386 g/mol. The van der Waals surface area contributed by atoms with Crippen molar-refractivity contribution < 1.29 is 13.2 Å². The van der Waals surface area contributed by atoms with Crippen LogP contribution in [0.1, 0.15) is 23.2 Å². The van der Waals surface area contributed by atoms with Gasteiger partial charge in [0.1, 0.15) is 5.82 Å². The summed E-state index contributed by atoms with van der Waals surface area (Å²) in [7, 11) is -3.69. The van der Waals surface area contributed by atoms with E-state index in [9.17, 15) is 13.2 Å². The van der Waals surface area contributed by atoms with Crippen molar-refractivity contribution in [2.75, 3.05) is 29.9 Å². The van der Waals surface area contributed by atoms with Gasteiger partial charge in [0.05, 0.1) is 16.8 Å². The maximum atomic E-state index is 12.5. The van der Waals surface area contributed by atoms with Crippen LogP contribution in [0.25, 0.3) is 0 Å². The molecule has 2 aromatic rings. The number of nitrogens with one attached hydrogen (secondary N) is 2. The molecule has 0 bridgehead atoms. The summed E-state index contributed by atoms with van der Waals surface area (Å²) in [5, 5.41) is 2.75. The van der Waals surface area contributed by atoms with E-state index >= 15 is 0 Å². The van der Waals surface area contributed by atoms with Crippen LogP contribution in [-0.4, -0.2) is 38.9 Å². The Morgan fingerprint density at radius 1 is 1.22 bits per heavy atom. The molecule has 0 spiro atoms. The number of pyridine rings is 1. The minimum Gasteiger partial charge on any atom is -0.357 e. The SMILES string of the molecule is C=CCNS(=O)(=O)c1cccc(C(=O)Nc2ccc(N3CCCC3)nc2)c1. The molecule has 1 amide bonds. The highest BCUT2D eigenvalue weighted by Gasteiger charge is 2.16. The first-order valence-corrected chi connectivity index (χ1v) is 10.2. The lowest BCUT2D eigenvalue weighted by Crippen LogP contribution is -2.24. The lowest BCUT2D eigenvalue weighted by Gasteiger charge is -2.16. The van der Waals surface area contributed by atoms with E-state index in [1.807, 2.05) is 6.07 Å². The number of carbonyl (C=O) groups excluding carboxylic acids is 1. The monoisotopic (exact) mass is 386 g/mol. The number of rotatable bonds is 7. The van der Waals surface area contributed by atoms with Crippen molar-refractivity contribution in [3.8, 4) is 0 Å². The Morgan fingerprint density at radius 3 is 2.67 bits per heavy atom. The van der Waals surface area contributed by atoms with Crippen LogP contribution in [0.15, 0.2) is 60.1 Å². The van der Waals surface area contributed by atoms with E-state index in [0.717, 1.165) is 18.9 Å². The molecular weight excluding hydrogens is 364 g/mol. The highest BCUT2D eigenvalue weighted by atomic mass is 32.2. The summed E-state index contributed by atoms with van der Waals surface area (Å²) in [6, 6.07) is 9.55. The fourth-order valence-electron chi connectivity index (χ4n) is 2.85. The molecule has 0 radical (unpaired) electrons. The molecule has 1 aromatic carbocycles. The van der Waals surface area contributed by atoms with Crippen LogP contribution in [0.4, 0.5) is 11.5 Å². The van der Waals surface area contributed by atoms with Gasteiger partial charge in [-0.15, -0.1) is 6.58 Å². The Kier molecular flexibility index (Phi) is 5.88. The van der Waals surface area contributed by atoms with Gasteiger partial charge in [-0.05, 0) is 43.2 Å². The summed E-state index contributed by atoms with van der Waals surface area (Å²) in [6.45, 7) is 5.60. The number of carbonyl (C=O) groups is 1. The Balaban J connectivity index is 1.70. The second kappa shape index (κ2) is 8.32. The number of amides is 1. The van der Waals surface area contributed by atoms with Crippen molar-refractivity contribution in [1.82, 2.24) is 9.71 Å². The third kappa shape index (κ3) is 4.72. The van der Waals surface area contributed by atoms with Crippen molar-refractivity contribution in [2.24, 2.45) is 0 Å². The summed E-state index contributed by atoms with van der Waals surface area (Å²) in [5.74, 6) is 0.498. The normalized spacial score (nSPS) is 14.1. The van der Waals surface area contributed by atoms with Crippen LogP contribution in [-0.2, 0) is 10.0 Å². The predicted octanol–water partition coefficient (Wildman–Crippen LogP) is 2.40. The smallest absolute Gasteiger partial charge is 0.255 e. The average Bonchev–Trinajstić information content (AvgIpc) is 3.22. The number of hydrogen-bond acceptors (Lipinski definition) is 5. The molecule has 7 nitrogen and oxygen atoms in total. The van der Waals surface area contributed by atoms with Gasteiger partial charge in [-0.1, -0.05) is 12.1 Å². The standard InChI is InChI=1S/C19H22N4O3S/c1-2-10-21-27(25,26)17-7-5-6-15(13-17)19(24)22-16-8-9-18(20-14-16)23-11-3-4-12-23/h2,5-9,13-14,21H,1,3-4,10-12H2,(H,22,24). The Bertz CT molecular complexity index is 920. The van der Waals surface area contributed by atoms with Crippen molar-refractivity contribution in [2.45, 2.75) is 17.7 Å². The van der Waals surface area contributed by atoms with Gasteiger partial charge in [-0.2, -0.15) is 0 Å². The van der Waals surface area contributed by atoms with E-state index in [2.05, 4.69) is 26.5 Å². The van der Waals surface area contributed by atoms with Gasteiger partial charge in [0.2, 0.25) is 10.0 Å². The highest BCUT2D eigenvalue weighted by Crippen LogP contribution is 2.20. The van der Waals surface area contributed by atoms with Crippen molar-refractivity contribution in [3.63, 3.8) is 0 Å². The maximum Gasteiger partial charge on any atom is 0.255 e. The number of sulfonamides is 1. The lowest BCUT2D eigenvalue weighted by molar-refractivity contribution is 0.102. The molecule has 1 saturated heterocycles. The second-order valence-corrected chi connectivity index (χ2v) is 7.99. The first-order chi connectivity index (χ1) is 13.0. The van der Waals surface area contributed by atoms with Crippen LogP contribution < -0.4 is 14.9 Å². The minimum absolute atomic E-state index is 0.0273. The molecule has 142 valence electrons. The zero-order chi connectivity index (χ0) is 19.3. The number of anilines is 2. The summed E-state index contributed by atoms with van der Waals surface area (Å²) < 4.78 is 26.7. The van der Waals surface area contributed by atoms with Gasteiger partial charge in [-0.25, -0.2) is 18.1 Å². The van der Waals surface area contributed by atoms with Gasteiger partial charge in [-0.3, -0.25) is 4.79 Å². The Labute approximate surface area is 159 Å². The van der Waals surface area contributed by atoms with Crippen LogP contribution in [0, 0.1) is 0 Å². The largest absolute Gasteiger partial charge is 0.357 e. The predicted molar refractivity (Wildman–Crippen MR) is 105 cm³/mol. The first-order valence-electron chi connectivity index (χ1n) is 8.72. The Hall–Kier alpha value is -2.71. The van der Waals surface area contributed by atoms with Crippen molar-refractivity contribution in [1.29, 1.82) is 0 Å². The molecule has 0 unspecified atom stereocenters. The van der Waals surface area contributed by atoms with E-state index in [0.29, 0.717) is 5.69 Å². The van der Waals surface area contributed by atoms with Crippen molar-refractivity contribution >= 4 is 27.4 Å². The van der Waals surface area contributed by atoms with E-state index < -0.39 is 15.9 Å². The van der Waals surface area contributed by atoms with E-state index in [-0.39, 0.29) is 17.0 Å². The summed E-state index contributed by atoms with van der Waals surface area (Å²) in [4.78, 5) is 19.1. The van der Waals surface area contributed by atoms with Crippen LogP contribution in [0.2, 0.25) is 0 Å². The summed E-state index contributed by atoms with van der Waals surface area (Å²) >= 11 is 0. The highest BCUT2D eigenvalue weighted by molar-refractivity contribution is 7.89. The van der Waals surface area contributed by atoms with Gasteiger partial charge >= 0.3 is 0 Å². The van der Waals surface area contributed by atoms with E-state index in [1.54, 1.807) is 18.3 Å². The topological polar surface area (TPSA) is 91.4 Å². The van der Waals surface area contributed by atoms with E-state index in [4.69, 9.17) is 0 Å². The zero-order valence-electron chi connectivity index (χ0n) is 14.9. The van der Waals surface area contributed by atoms with Crippen LogP contribution in [0.3, 0.4) is 0 Å². The van der Waals surface area contributed by atoms with Crippen LogP contribution >= 0.6 is 0 Å². The fraction of sp³-hybridized carbons (Fsp3) is 0.263. The molecule has 0 atom stereocenters. The first kappa shape index (κ1) is 19.1. The third-order valence-corrected chi connectivity index (χ3v) is 5.68. The number of benzene rings is 1. The van der Waals surface area contributed by atoms with Gasteiger partial charge in [0.15, 0.2) is 0 Å². The number of nitrogens with zero attached hydrogens (tertiary/aromatic N) is 2. The maximum absolute atomic E-state index is 12.5. The molecule has 1 aliphatic rings. The molecule has 3 rings (SSSR count). The number of hydrogen-bond donors (Lipinski definition) is 2. The minimum atomic E-state index is -3.69. The van der Waals surface area contributed by atoms with E-state index in [1.165, 1.54) is 37.1 Å². The third-order valence-electron chi connectivity index (χ3n) is 4.26. The van der Waals surface area contributed by atoms with Gasteiger partial charge in [0, 0.05) is 25.2 Å². The molecule has 2 N–H and O–H groups in total. The fourth-order valence-corrected chi connectivity index (χ4v) is 3.90. The molecule has 1 fully saturated rings. The lowest BCUT2D eigenvalue weighted by atomic mass is 10.2. The molecule has 27 heavy (non-hydrogen) atoms. The van der Waals surface area contributed by atoms with Gasteiger partial charge in [0.25, 0.3) is 5.91 Å². The molecular formula is C19H22N4O3S. The molecule has 2 heterocycles. The molecule has 8 heteroatoms. The van der Waals surface area contributed by atoms with Crippen molar-refractivity contribution in [3.05, 3.63) is 60.8 Å². The number of aromatic nitrogens is 1. The van der Waals surface area contributed by atoms with Crippen LogP contribution in [0.5, 0.6) is 0 Å². The second-order valence-electron chi connectivity index (χ2n) is 6.22. The Morgan fingerprint density at radius 2 is 2.00 bits per heavy atom. The molecule has 1 aromatic heterocycles. The zero-order valence-corrected chi connectivity index (χ0v) is 15.7.